The van der Waals surface area contributed by atoms with E-state index in [1.807, 2.05) is 55.7 Å². The molecule has 1 N–H and O–H groups in total. The van der Waals surface area contributed by atoms with Crippen LogP contribution in [0.15, 0.2) is 48.8 Å². The zero-order chi connectivity index (χ0) is 16.8. The third kappa shape index (κ3) is 4.46. The summed E-state index contributed by atoms with van der Waals surface area (Å²) >= 11 is 0. The first kappa shape index (κ1) is 16.7. The molecule has 5 nitrogen and oxygen atoms in total. The van der Waals surface area contributed by atoms with Crippen LogP contribution in [0, 0.1) is 6.92 Å². The summed E-state index contributed by atoms with van der Waals surface area (Å²) in [4.78, 5) is 8.71. The van der Waals surface area contributed by atoms with Crippen molar-refractivity contribution in [2.75, 3.05) is 44.2 Å². The van der Waals surface area contributed by atoms with Crippen LogP contribution in [0.5, 0.6) is 5.75 Å². The maximum absolute atomic E-state index is 10.2. The second kappa shape index (κ2) is 8.13. The second-order valence-electron chi connectivity index (χ2n) is 6.22. The lowest BCUT2D eigenvalue weighted by Crippen LogP contribution is -2.49. The van der Waals surface area contributed by atoms with Crippen molar-refractivity contribution >= 4 is 5.69 Å². The molecule has 2 heterocycles. The van der Waals surface area contributed by atoms with Gasteiger partial charge in [-0.1, -0.05) is 18.2 Å². The lowest BCUT2D eigenvalue weighted by molar-refractivity contribution is 0.0661. The number of hydrogen-bond acceptors (Lipinski definition) is 5. The maximum atomic E-state index is 10.2. The van der Waals surface area contributed by atoms with Gasteiger partial charge < -0.3 is 14.7 Å². The molecule has 24 heavy (non-hydrogen) atoms. The van der Waals surface area contributed by atoms with Gasteiger partial charge in [0.15, 0.2) is 0 Å². The predicted octanol–water partition coefficient (Wildman–Crippen LogP) is 1.95. The van der Waals surface area contributed by atoms with Crippen LogP contribution < -0.4 is 9.64 Å². The Bertz CT molecular complexity index is 628. The van der Waals surface area contributed by atoms with E-state index in [0.717, 1.165) is 37.5 Å². The van der Waals surface area contributed by atoms with E-state index in [4.69, 9.17) is 4.74 Å². The van der Waals surface area contributed by atoms with Crippen LogP contribution in [0.1, 0.15) is 5.56 Å². The molecule has 0 saturated carbocycles. The highest BCUT2D eigenvalue weighted by Crippen LogP contribution is 2.17. The summed E-state index contributed by atoms with van der Waals surface area (Å²) in [5, 5.41) is 10.2. The van der Waals surface area contributed by atoms with Gasteiger partial charge in [-0.3, -0.25) is 9.88 Å². The first-order valence-electron chi connectivity index (χ1n) is 8.46. The first-order chi connectivity index (χ1) is 11.7. The fourth-order valence-corrected chi connectivity index (χ4v) is 3.00. The fraction of sp³-hybridized carbons (Fsp3) is 0.421. The highest BCUT2D eigenvalue weighted by atomic mass is 16.5. The van der Waals surface area contributed by atoms with E-state index in [1.54, 1.807) is 0 Å². The molecule has 5 heteroatoms. The topological polar surface area (TPSA) is 48.8 Å². The summed E-state index contributed by atoms with van der Waals surface area (Å²) in [5.41, 5.74) is 2.31. The van der Waals surface area contributed by atoms with Gasteiger partial charge in [0.1, 0.15) is 18.5 Å². The third-order valence-corrected chi connectivity index (χ3v) is 4.39. The average Bonchev–Trinajstić information content (AvgIpc) is 2.62. The number of aliphatic hydroxyl groups is 1. The second-order valence-corrected chi connectivity index (χ2v) is 6.22. The highest BCUT2D eigenvalue weighted by Gasteiger charge is 2.19. The third-order valence-electron chi connectivity index (χ3n) is 4.39. The van der Waals surface area contributed by atoms with Crippen molar-refractivity contribution in [2.45, 2.75) is 13.0 Å². The summed E-state index contributed by atoms with van der Waals surface area (Å²) in [7, 11) is 0. The van der Waals surface area contributed by atoms with Crippen molar-refractivity contribution in [1.82, 2.24) is 9.88 Å². The summed E-state index contributed by atoms with van der Waals surface area (Å²) in [5.74, 6) is 0.846. The quantitative estimate of drug-likeness (QED) is 0.879. The number of nitrogens with zero attached hydrogens (tertiary/aromatic N) is 3. The first-order valence-corrected chi connectivity index (χ1v) is 8.46. The van der Waals surface area contributed by atoms with E-state index in [-0.39, 0.29) is 0 Å². The van der Waals surface area contributed by atoms with Crippen molar-refractivity contribution in [2.24, 2.45) is 0 Å². The Balaban J connectivity index is 1.42. The van der Waals surface area contributed by atoms with Gasteiger partial charge in [0.05, 0.1) is 0 Å². The monoisotopic (exact) mass is 327 g/mol. The van der Waals surface area contributed by atoms with Gasteiger partial charge in [-0.15, -0.1) is 0 Å². The van der Waals surface area contributed by atoms with E-state index >= 15 is 0 Å². The number of hydrogen-bond donors (Lipinski definition) is 1. The molecule has 1 aliphatic heterocycles. The van der Waals surface area contributed by atoms with Gasteiger partial charge in [0, 0.05) is 50.8 Å². The van der Waals surface area contributed by atoms with Gasteiger partial charge >= 0.3 is 0 Å². The molecule has 1 aromatic carbocycles. The van der Waals surface area contributed by atoms with Crippen LogP contribution in [0.3, 0.4) is 0 Å². The number of piperazine rings is 1. The fourth-order valence-electron chi connectivity index (χ4n) is 3.00. The molecular formula is C19H25N3O2. The Labute approximate surface area is 143 Å². The van der Waals surface area contributed by atoms with Crippen LogP contribution in [0.25, 0.3) is 0 Å². The molecular weight excluding hydrogens is 302 g/mol. The van der Waals surface area contributed by atoms with Gasteiger partial charge in [-0.25, -0.2) is 0 Å². The Hall–Kier alpha value is -2.11. The molecule has 3 rings (SSSR count). The summed E-state index contributed by atoms with van der Waals surface area (Å²) in [6, 6.07) is 12.0. The van der Waals surface area contributed by atoms with E-state index in [0.29, 0.717) is 13.2 Å². The van der Waals surface area contributed by atoms with Crippen molar-refractivity contribution in [3.8, 4) is 5.75 Å². The van der Waals surface area contributed by atoms with E-state index in [2.05, 4.69) is 14.8 Å². The Morgan fingerprint density at radius 2 is 1.79 bits per heavy atom. The Morgan fingerprint density at radius 3 is 2.50 bits per heavy atom. The standard InChI is InChI=1S/C19H25N3O2/c1-16-4-2-3-5-19(16)24-15-18(23)14-21-10-12-22(13-11-21)17-6-8-20-9-7-17/h2-9,18,23H,10-15H2,1H3/t18-/m1/s1. The van der Waals surface area contributed by atoms with Gasteiger partial charge in [0.25, 0.3) is 0 Å². The normalized spacial score (nSPS) is 16.8. The lowest BCUT2D eigenvalue weighted by Gasteiger charge is -2.36. The number of β-amino-alcohol motifs (C(OH)–C–C–N with tert-alkyl or cyclic N) is 1. The minimum atomic E-state index is -0.475. The number of pyridine rings is 1. The average molecular weight is 327 g/mol. The molecule has 1 fully saturated rings. The molecule has 0 radical (unpaired) electrons. The van der Waals surface area contributed by atoms with Crippen LogP contribution in [-0.4, -0.2) is 60.4 Å². The van der Waals surface area contributed by atoms with Gasteiger partial charge in [0.2, 0.25) is 0 Å². The summed E-state index contributed by atoms with van der Waals surface area (Å²) in [6.45, 7) is 6.82. The zero-order valence-corrected chi connectivity index (χ0v) is 14.1. The summed E-state index contributed by atoms with van der Waals surface area (Å²) < 4.78 is 5.74. The van der Waals surface area contributed by atoms with Crippen LogP contribution in [0.2, 0.25) is 0 Å². The molecule has 0 amide bonds. The number of para-hydroxylation sites is 1. The maximum Gasteiger partial charge on any atom is 0.122 e. The molecule has 1 atom stereocenters. The van der Waals surface area contributed by atoms with E-state index in [9.17, 15) is 5.11 Å². The minimum Gasteiger partial charge on any atom is -0.491 e. The lowest BCUT2D eigenvalue weighted by atomic mass is 10.2. The highest BCUT2D eigenvalue weighted by molar-refractivity contribution is 5.44. The Kier molecular flexibility index (Phi) is 5.67. The molecule has 0 unspecified atom stereocenters. The molecule has 0 bridgehead atoms. The van der Waals surface area contributed by atoms with E-state index in [1.165, 1.54) is 5.69 Å². The number of anilines is 1. The van der Waals surface area contributed by atoms with Gasteiger partial charge in [-0.05, 0) is 30.7 Å². The molecule has 0 aliphatic carbocycles. The minimum absolute atomic E-state index is 0.329. The number of aryl methyl sites for hydroxylation is 1. The van der Waals surface area contributed by atoms with Crippen molar-refractivity contribution < 1.29 is 9.84 Å². The molecule has 0 spiro atoms. The van der Waals surface area contributed by atoms with Crippen LogP contribution in [-0.2, 0) is 0 Å². The summed E-state index contributed by atoms with van der Waals surface area (Å²) in [6.07, 6.45) is 3.18. The number of ether oxygens (including phenoxy) is 1. The van der Waals surface area contributed by atoms with Crippen molar-refractivity contribution in [1.29, 1.82) is 0 Å². The van der Waals surface area contributed by atoms with E-state index < -0.39 is 6.10 Å². The molecule has 1 saturated heterocycles. The number of rotatable bonds is 6. The zero-order valence-electron chi connectivity index (χ0n) is 14.1. The predicted molar refractivity (Wildman–Crippen MR) is 95.6 cm³/mol. The van der Waals surface area contributed by atoms with Crippen molar-refractivity contribution in [3.63, 3.8) is 0 Å². The molecule has 128 valence electrons. The van der Waals surface area contributed by atoms with Crippen molar-refractivity contribution in [3.05, 3.63) is 54.4 Å². The smallest absolute Gasteiger partial charge is 0.122 e. The Morgan fingerprint density at radius 1 is 1.08 bits per heavy atom. The number of aliphatic hydroxyl groups excluding tert-OH is 1. The van der Waals surface area contributed by atoms with Crippen LogP contribution in [0.4, 0.5) is 5.69 Å². The molecule has 1 aromatic heterocycles. The SMILES string of the molecule is Cc1ccccc1OC[C@H](O)CN1CCN(c2ccncc2)CC1. The number of benzene rings is 1. The number of aromatic nitrogens is 1. The van der Waals surface area contributed by atoms with Gasteiger partial charge in [-0.2, -0.15) is 0 Å². The largest absolute Gasteiger partial charge is 0.491 e. The molecule has 1 aliphatic rings. The molecule has 2 aromatic rings. The van der Waals surface area contributed by atoms with Crippen LogP contribution >= 0.6 is 0 Å².